The van der Waals surface area contributed by atoms with Crippen molar-refractivity contribution in [3.8, 4) is 5.75 Å². The van der Waals surface area contributed by atoms with Gasteiger partial charge in [0.05, 0.1) is 6.04 Å². The number of ether oxygens (including phenoxy) is 1. The largest absolute Gasteiger partial charge is 0.487 e. The van der Waals surface area contributed by atoms with Crippen LogP contribution < -0.4 is 10.1 Å². The van der Waals surface area contributed by atoms with E-state index in [1.807, 2.05) is 31.2 Å². The van der Waals surface area contributed by atoms with Crippen LogP contribution >= 0.6 is 0 Å². The van der Waals surface area contributed by atoms with Crippen LogP contribution in [0.3, 0.4) is 0 Å². The van der Waals surface area contributed by atoms with Crippen LogP contribution in [0.15, 0.2) is 35.1 Å². The minimum atomic E-state index is 0.122. The molecule has 104 valence electrons. The lowest BCUT2D eigenvalue weighted by Crippen LogP contribution is -2.18. The third-order valence-electron chi connectivity index (χ3n) is 3.50. The van der Waals surface area contributed by atoms with Gasteiger partial charge in [-0.05, 0) is 31.0 Å². The Morgan fingerprint density at radius 3 is 2.80 bits per heavy atom. The maximum Gasteiger partial charge on any atom is 0.220 e. The van der Waals surface area contributed by atoms with E-state index in [0.29, 0.717) is 13.0 Å². The molecule has 2 aromatic rings. The minimum Gasteiger partial charge on any atom is -0.487 e. The molecule has 0 spiro atoms. The molecule has 1 atom stereocenters. The second-order valence-corrected chi connectivity index (χ2v) is 4.96. The monoisotopic (exact) mass is 272 g/mol. The summed E-state index contributed by atoms with van der Waals surface area (Å²) in [6, 6.07) is 7.93. The Kier molecular flexibility index (Phi) is 3.41. The lowest BCUT2D eigenvalue weighted by Gasteiger charge is -2.11. The normalized spacial score (nSPS) is 18.1. The van der Waals surface area contributed by atoms with Gasteiger partial charge < -0.3 is 14.6 Å². The molecule has 1 aromatic carbocycles. The van der Waals surface area contributed by atoms with Crippen molar-refractivity contribution in [3.63, 3.8) is 0 Å². The van der Waals surface area contributed by atoms with E-state index in [-0.39, 0.29) is 11.9 Å². The van der Waals surface area contributed by atoms with Crippen molar-refractivity contribution in [1.29, 1.82) is 0 Å². The molecule has 1 N–H and O–H groups in total. The first-order chi connectivity index (χ1) is 9.72. The first-order valence-electron chi connectivity index (χ1n) is 6.64. The van der Waals surface area contributed by atoms with Crippen LogP contribution in [0, 0.1) is 6.92 Å². The number of rotatable bonds is 4. The summed E-state index contributed by atoms with van der Waals surface area (Å²) in [5.41, 5.74) is 2.90. The number of nitrogens with zero attached hydrogens (tertiary/aromatic N) is 1. The molecule has 3 rings (SSSR count). The van der Waals surface area contributed by atoms with E-state index in [4.69, 9.17) is 9.26 Å². The van der Waals surface area contributed by atoms with Crippen LogP contribution in [0.25, 0.3) is 0 Å². The molecule has 1 saturated heterocycles. The van der Waals surface area contributed by atoms with Gasteiger partial charge in [-0.25, -0.2) is 0 Å². The predicted molar refractivity (Wildman–Crippen MR) is 72.1 cm³/mol. The van der Waals surface area contributed by atoms with Crippen LogP contribution in [0.1, 0.15) is 35.7 Å². The molecule has 2 heterocycles. The third-order valence-corrected chi connectivity index (χ3v) is 3.50. The molecule has 0 saturated carbocycles. The number of hydrogen-bond acceptors (Lipinski definition) is 4. The lowest BCUT2D eigenvalue weighted by atomic mass is 10.1. The topological polar surface area (TPSA) is 64.4 Å². The highest BCUT2D eigenvalue weighted by Crippen LogP contribution is 2.25. The smallest absolute Gasteiger partial charge is 0.220 e. The van der Waals surface area contributed by atoms with Gasteiger partial charge in [0.2, 0.25) is 5.91 Å². The molecule has 0 bridgehead atoms. The van der Waals surface area contributed by atoms with E-state index in [0.717, 1.165) is 29.0 Å². The molecule has 1 fully saturated rings. The third kappa shape index (κ3) is 2.66. The standard InChI is InChI=1S/C15H16N2O3/c1-10-8-20-17-14(10)9-19-12-4-2-11(3-5-12)13-6-7-15(18)16-13/h2-5,8,13H,6-7,9H2,1H3,(H,16,18)/t13-/m0/s1. The first-order valence-corrected chi connectivity index (χ1v) is 6.64. The number of benzene rings is 1. The van der Waals surface area contributed by atoms with E-state index in [1.165, 1.54) is 0 Å². The quantitative estimate of drug-likeness (QED) is 0.928. The number of nitrogens with one attached hydrogen (secondary N) is 1. The molecule has 1 amide bonds. The van der Waals surface area contributed by atoms with Gasteiger partial charge in [0.15, 0.2) is 0 Å². The summed E-state index contributed by atoms with van der Waals surface area (Å²) in [6.45, 7) is 2.32. The fourth-order valence-electron chi connectivity index (χ4n) is 2.26. The van der Waals surface area contributed by atoms with E-state index >= 15 is 0 Å². The van der Waals surface area contributed by atoms with Crippen molar-refractivity contribution >= 4 is 5.91 Å². The summed E-state index contributed by atoms with van der Waals surface area (Å²) >= 11 is 0. The maximum absolute atomic E-state index is 11.2. The number of hydrogen-bond donors (Lipinski definition) is 1. The number of aromatic nitrogens is 1. The van der Waals surface area contributed by atoms with E-state index < -0.39 is 0 Å². The SMILES string of the molecule is Cc1conc1COc1ccc([C@@H]2CCC(=O)N2)cc1. The Morgan fingerprint density at radius 1 is 1.40 bits per heavy atom. The van der Waals surface area contributed by atoms with Gasteiger partial charge in [0, 0.05) is 12.0 Å². The number of carbonyl (C=O) groups is 1. The highest BCUT2D eigenvalue weighted by atomic mass is 16.5. The zero-order chi connectivity index (χ0) is 13.9. The van der Waals surface area contributed by atoms with Gasteiger partial charge >= 0.3 is 0 Å². The van der Waals surface area contributed by atoms with Gasteiger partial charge in [-0.15, -0.1) is 0 Å². The van der Waals surface area contributed by atoms with Crippen molar-refractivity contribution in [2.45, 2.75) is 32.4 Å². The van der Waals surface area contributed by atoms with Crippen LogP contribution in [-0.2, 0) is 11.4 Å². The van der Waals surface area contributed by atoms with Crippen LogP contribution in [0.4, 0.5) is 0 Å². The molecule has 20 heavy (non-hydrogen) atoms. The van der Waals surface area contributed by atoms with Crippen molar-refractivity contribution in [1.82, 2.24) is 10.5 Å². The van der Waals surface area contributed by atoms with Crippen molar-refractivity contribution in [2.75, 3.05) is 0 Å². The summed E-state index contributed by atoms with van der Waals surface area (Å²) in [7, 11) is 0. The molecule has 0 radical (unpaired) electrons. The van der Waals surface area contributed by atoms with Crippen molar-refractivity contribution in [2.24, 2.45) is 0 Å². The highest BCUT2D eigenvalue weighted by molar-refractivity contribution is 5.78. The number of aryl methyl sites for hydroxylation is 1. The van der Waals surface area contributed by atoms with Crippen molar-refractivity contribution in [3.05, 3.63) is 47.3 Å². The molecule has 0 unspecified atom stereocenters. The Morgan fingerprint density at radius 2 is 2.20 bits per heavy atom. The number of amides is 1. The maximum atomic E-state index is 11.2. The Hall–Kier alpha value is -2.30. The minimum absolute atomic E-state index is 0.122. The summed E-state index contributed by atoms with van der Waals surface area (Å²) in [4.78, 5) is 11.2. The van der Waals surface area contributed by atoms with Gasteiger partial charge in [-0.3, -0.25) is 4.79 Å². The predicted octanol–water partition coefficient (Wildman–Crippen LogP) is 2.51. The average Bonchev–Trinajstić information content (AvgIpc) is 3.06. The molecular weight excluding hydrogens is 256 g/mol. The number of carbonyl (C=O) groups excluding carboxylic acids is 1. The molecule has 5 nitrogen and oxygen atoms in total. The molecule has 1 aliphatic rings. The molecular formula is C15H16N2O3. The Labute approximate surface area is 116 Å². The van der Waals surface area contributed by atoms with Gasteiger partial charge in [-0.2, -0.15) is 0 Å². The van der Waals surface area contributed by atoms with E-state index in [9.17, 15) is 4.79 Å². The van der Waals surface area contributed by atoms with Gasteiger partial charge in [-0.1, -0.05) is 17.3 Å². The molecule has 0 aliphatic carbocycles. The zero-order valence-corrected chi connectivity index (χ0v) is 11.3. The zero-order valence-electron chi connectivity index (χ0n) is 11.3. The summed E-state index contributed by atoms with van der Waals surface area (Å²) < 4.78 is 10.5. The van der Waals surface area contributed by atoms with Crippen LogP contribution in [0.2, 0.25) is 0 Å². The van der Waals surface area contributed by atoms with Crippen LogP contribution in [0.5, 0.6) is 5.75 Å². The van der Waals surface area contributed by atoms with Gasteiger partial charge in [0.1, 0.15) is 24.3 Å². The summed E-state index contributed by atoms with van der Waals surface area (Å²) in [6.07, 6.45) is 3.07. The average molecular weight is 272 g/mol. The fourth-order valence-corrected chi connectivity index (χ4v) is 2.26. The molecule has 1 aliphatic heterocycles. The fraction of sp³-hybridized carbons (Fsp3) is 0.333. The first kappa shape index (κ1) is 12.7. The second kappa shape index (κ2) is 5.36. The Balaban J connectivity index is 1.61. The molecule has 1 aromatic heterocycles. The lowest BCUT2D eigenvalue weighted by molar-refractivity contribution is -0.119. The van der Waals surface area contributed by atoms with E-state index in [2.05, 4.69) is 10.5 Å². The van der Waals surface area contributed by atoms with Crippen LogP contribution in [-0.4, -0.2) is 11.1 Å². The summed E-state index contributed by atoms with van der Waals surface area (Å²) in [5, 5.41) is 6.82. The molecule has 5 heteroatoms. The van der Waals surface area contributed by atoms with Crippen molar-refractivity contribution < 1.29 is 14.1 Å². The van der Waals surface area contributed by atoms with E-state index in [1.54, 1.807) is 6.26 Å². The highest BCUT2D eigenvalue weighted by Gasteiger charge is 2.21. The summed E-state index contributed by atoms with van der Waals surface area (Å²) in [5.74, 6) is 0.900. The second-order valence-electron chi connectivity index (χ2n) is 4.96. The van der Waals surface area contributed by atoms with Gasteiger partial charge in [0.25, 0.3) is 0 Å². The Bertz CT molecular complexity index is 604.